The van der Waals surface area contributed by atoms with Gasteiger partial charge in [-0.05, 0) is 49.4 Å². The van der Waals surface area contributed by atoms with E-state index in [0.717, 1.165) is 29.3 Å². The quantitative estimate of drug-likeness (QED) is 0.685. The maximum absolute atomic E-state index is 14.5. The van der Waals surface area contributed by atoms with Crippen molar-refractivity contribution in [3.8, 4) is 0 Å². The van der Waals surface area contributed by atoms with Crippen molar-refractivity contribution in [1.82, 2.24) is 9.55 Å². The summed E-state index contributed by atoms with van der Waals surface area (Å²) < 4.78 is 43.8. The van der Waals surface area contributed by atoms with Gasteiger partial charge in [-0.1, -0.05) is 25.1 Å². The number of anilines is 2. The van der Waals surface area contributed by atoms with Crippen LogP contribution in [-0.4, -0.2) is 9.55 Å². The monoisotopic (exact) mass is 399 g/mol. The first-order chi connectivity index (χ1) is 13.9. The minimum absolute atomic E-state index is 0.147. The average Bonchev–Trinajstić information content (AvgIpc) is 3.13. The Morgan fingerprint density at radius 1 is 1.17 bits per heavy atom. The van der Waals surface area contributed by atoms with Gasteiger partial charge in [0.05, 0.1) is 11.7 Å². The lowest BCUT2D eigenvalue weighted by molar-refractivity contribution is 0.521. The zero-order chi connectivity index (χ0) is 20.7. The van der Waals surface area contributed by atoms with E-state index in [0.29, 0.717) is 6.42 Å². The van der Waals surface area contributed by atoms with Gasteiger partial charge in [0.2, 0.25) is 11.8 Å². The summed E-state index contributed by atoms with van der Waals surface area (Å²) >= 11 is 0. The SMILES string of the molecule is CCc1ccc(C)c(Nc2nc(=O)c(F)c3n2C(c2ccc(F)cc2F)CC3)c1. The lowest BCUT2D eigenvalue weighted by Gasteiger charge is -2.21. The van der Waals surface area contributed by atoms with Gasteiger partial charge in [-0.15, -0.1) is 0 Å². The molecule has 0 amide bonds. The third-order valence-electron chi connectivity index (χ3n) is 5.41. The first-order valence-corrected chi connectivity index (χ1v) is 9.51. The zero-order valence-corrected chi connectivity index (χ0v) is 16.1. The van der Waals surface area contributed by atoms with Gasteiger partial charge >= 0.3 is 5.56 Å². The summed E-state index contributed by atoms with van der Waals surface area (Å²) in [4.78, 5) is 16.0. The summed E-state index contributed by atoms with van der Waals surface area (Å²) in [6.07, 6.45) is 1.47. The van der Waals surface area contributed by atoms with Crippen LogP contribution < -0.4 is 10.9 Å². The Hall–Kier alpha value is -3.09. The van der Waals surface area contributed by atoms with Crippen molar-refractivity contribution in [2.45, 2.75) is 39.2 Å². The second kappa shape index (κ2) is 7.39. The summed E-state index contributed by atoms with van der Waals surface area (Å²) in [5.74, 6) is -2.18. The highest BCUT2D eigenvalue weighted by molar-refractivity contribution is 5.60. The number of aryl methyl sites for hydroxylation is 2. The molecule has 0 radical (unpaired) electrons. The summed E-state index contributed by atoms with van der Waals surface area (Å²) in [5.41, 5.74) is 2.21. The van der Waals surface area contributed by atoms with E-state index in [9.17, 15) is 18.0 Å². The number of aromatic nitrogens is 2. The molecule has 1 N–H and O–H groups in total. The molecule has 1 aromatic heterocycles. The molecule has 1 atom stereocenters. The van der Waals surface area contributed by atoms with Crippen molar-refractivity contribution in [3.05, 3.63) is 86.6 Å². The maximum Gasteiger partial charge on any atom is 0.310 e. The molecule has 0 spiro atoms. The van der Waals surface area contributed by atoms with E-state index >= 15 is 0 Å². The van der Waals surface area contributed by atoms with Crippen molar-refractivity contribution in [2.24, 2.45) is 0 Å². The molecule has 1 aliphatic heterocycles. The van der Waals surface area contributed by atoms with Crippen molar-refractivity contribution >= 4 is 11.6 Å². The van der Waals surface area contributed by atoms with E-state index in [1.54, 1.807) is 0 Å². The summed E-state index contributed by atoms with van der Waals surface area (Å²) in [6.45, 7) is 3.94. The molecule has 1 aliphatic rings. The summed E-state index contributed by atoms with van der Waals surface area (Å²) in [6, 6.07) is 8.64. The zero-order valence-electron chi connectivity index (χ0n) is 16.1. The van der Waals surface area contributed by atoms with Crippen LogP contribution >= 0.6 is 0 Å². The van der Waals surface area contributed by atoms with Crippen LogP contribution in [0.1, 0.15) is 41.8 Å². The number of benzene rings is 2. The molecule has 3 aromatic rings. The fourth-order valence-corrected chi connectivity index (χ4v) is 3.82. The highest BCUT2D eigenvalue weighted by Crippen LogP contribution is 2.37. The average molecular weight is 399 g/mol. The first-order valence-electron chi connectivity index (χ1n) is 9.51. The fraction of sp³-hybridized carbons (Fsp3) is 0.273. The van der Waals surface area contributed by atoms with Crippen LogP contribution in [-0.2, 0) is 12.8 Å². The van der Waals surface area contributed by atoms with Gasteiger partial charge in [-0.2, -0.15) is 9.37 Å². The molecule has 2 aromatic carbocycles. The van der Waals surface area contributed by atoms with Crippen molar-refractivity contribution in [1.29, 1.82) is 0 Å². The molecule has 0 saturated carbocycles. The van der Waals surface area contributed by atoms with Crippen LogP contribution in [0.5, 0.6) is 0 Å². The normalized spacial score (nSPS) is 15.4. The van der Waals surface area contributed by atoms with Gasteiger partial charge < -0.3 is 9.88 Å². The van der Waals surface area contributed by atoms with Crippen LogP contribution in [0.2, 0.25) is 0 Å². The highest BCUT2D eigenvalue weighted by atomic mass is 19.1. The predicted molar refractivity (Wildman–Crippen MR) is 105 cm³/mol. The molecule has 0 fully saturated rings. The van der Waals surface area contributed by atoms with E-state index in [1.165, 1.54) is 16.7 Å². The number of rotatable bonds is 4. The van der Waals surface area contributed by atoms with E-state index in [-0.39, 0.29) is 23.6 Å². The maximum atomic E-state index is 14.5. The summed E-state index contributed by atoms with van der Waals surface area (Å²) in [5, 5.41) is 3.13. The number of fused-ring (bicyclic) bond motifs is 1. The minimum Gasteiger partial charge on any atom is -0.325 e. The molecule has 0 aliphatic carbocycles. The van der Waals surface area contributed by atoms with Crippen LogP contribution in [0.3, 0.4) is 0 Å². The Morgan fingerprint density at radius 3 is 2.69 bits per heavy atom. The molecular weight excluding hydrogens is 379 g/mol. The predicted octanol–water partition coefficient (Wildman–Crippen LogP) is 4.81. The Morgan fingerprint density at radius 2 is 1.97 bits per heavy atom. The van der Waals surface area contributed by atoms with Crippen LogP contribution in [0, 0.1) is 24.4 Å². The molecular formula is C22H20F3N3O. The molecule has 1 unspecified atom stereocenters. The fourth-order valence-electron chi connectivity index (χ4n) is 3.82. The third-order valence-corrected chi connectivity index (χ3v) is 5.41. The molecule has 7 heteroatoms. The molecule has 0 bridgehead atoms. The molecule has 29 heavy (non-hydrogen) atoms. The van der Waals surface area contributed by atoms with Crippen LogP contribution in [0.15, 0.2) is 41.2 Å². The lowest BCUT2D eigenvalue weighted by atomic mass is 10.0. The van der Waals surface area contributed by atoms with Crippen LogP contribution in [0.25, 0.3) is 0 Å². The first kappa shape index (κ1) is 19.2. The number of nitrogens with zero attached hydrogens (tertiary/aromatic N) is 2. The molecule has 2 heterocycles. The van der Waals surface area contributed by atoms with Gasteiger partial charge in [0.25, 0.3) is 0 Å². The second-order valence-electron chi connectivity index (χ2n) is 7.22. The van der Waals surface area contributed by atoms with Crippen molar-refractivity contribution in [3.63, 3.8) is 0 Å². The van der Waals surface area contributed by atoms with Crippen molar-refractivity contribution in [2.75, 3.05) is 5.32 Å². The molecule has 150 valence electrons. The number of hydrogen-bond donors (Lipinski definition) is 1. The molecule has 4 nitrogen and oxygen atoms in total. The third kappa shape index (κ3) is 3.41. The van der Waals surface area contributed by atoms with Gasteiger partial charge in [0, 0.05) is 17.3 Å². The van der Waals surface area contributed by atoms with E-state index < -0.39 is 29.1 Å². The molecule has 4 rings (SSSR count). The second-order valence-corrected chi connectivity index (χ2v) is 7.22. The number of nitrogens with one attached hydrogen (secondary N) is 1. The summed E-state index contributed by atoms with van der Waals surface area (Å²) in [7, 11) is 0. The van der Waals surface area contributed by atoms with E-state index in [1.807, 2.05) is 32.0 Å². The number of hydrogen-bond acceptors (Lipinski definition) is 3. The van der Waals surface area contributed by atoms with Gasteiger partial charge in [-0.25, -0.2) is 8.78 Å². The Labute approximate surface area is 166 Å². The Bertz CT molecular complexity index is 1160. The van der Waals surface area contributed by atoms with E-state index in [2.05, 4.69) is 10.3 Å². The minimum atomic E-state index is -0.955. The van der Waals surface area contributed by atoms with Crippen LogP contribution in [0.4, 0.5) is 24.8 Å². The van der Waals surface area contributed by atoms with Gasteiger partial charge in [0.1, 0.15) is 11.6 Å². The standard InChI is InChI=1S/C22H20F3N3O/c1-3-13-5-4-12(2)17(10-13)26-22-27-21(29)20(25)19-9-8-18(28(19)22)15-7-6-14(23)11-16(15)24/h4-7,10-11,18H,3,8-9H2,1-2H3,(H,26,27,29). The molecule has 0 saturated heterocycles. The lowest BCUT2D eigenvalue weighted by Crippen LogP contribution is -2.23. The largest absolute Gasteiger partial charge is 0.325 e. The van der Waals surface area contributed by atoms with E-state index in [4.69, 9.17) is 0 Å². The smallest absolute Gasteiger partial charge is 0.310 e. The topological polar surface area (TPSA) is 46.9 Å². The highest BCUT2D eigenvalue weighted by Gasteiger charge is 2.32. The van der Waals surface area contributed by atoms with Gasteiger partial charge in [-0.3, -0.25) is 4.79 Å². The Balaban J connectivity index is 1.86. The van der Waals surface area contributed by atoms with Gasteiger partial charge in [0.15, 0.2) is 0 Å². The number of halogens is 3. The van der Waals surface area contributed by atoms with Crippen molar-refractivity contribution < 1.29 is 13.2 Å². The Kier molecular flexibility index (Phi) is 4.90.